The summed E-state index contributed by atoms with van der Waals surface area (Å²) in [6.07, 6.45) is 1.47. The number of aromatic amines is 1. The summed E-state index contributed by atoms with van der Waals surface area (Å²) in [6.45, 7) is 4.65. The fraction of sp³-hybridized carbons (Fsp3) is 0.227. The summed E-state index contributed by atoms with van der Waals surface area (Å²) in [5, 5.41) is 6.22. The largest absolute Gasteiger partial charge is 0.378 e. The van der Waals surface area contributed by atoms with Crippen LogP contribution in [-0.4, -0.2) is 53.0 Å². The van der Waals surface area contributed by atoms with Gasteiger partial charge in [0.25, 0.3) is 5.91 Å². The van der Waals surface area contributed by atoms with Crippen molar-refractivity contribution in [2.45, 2.75) is 6.92 Å². The van der Waals surface area contributed by atoms with Gasteiger partial charge in [0.1, 0.15) is 0 Å². The fourth-order valence-electron chi connectivity index (χ4n) is 3.07. The van der Waals surface area contributed by atoms with Gasteiger partial charge in [-0.05, 0) is 31.2 Å². The lowest BCUT2D eigenvalue weighted by molar-refractivity contribution is 0.0680. The molecule has 2 heterocycles. The lowest BCUT2D eigenvalue weighted by atomic mass is 10.2. The van der Waals surface area contributed by atoms with Crippen molar-refractivity contribution >= 4 is 29.1 Å². The SMILES string of the molecule is Cc1ccc(NC(=O)c2[nH]cnc2N=C(Nc2ccccc2)N2CCOCC2)cc1. The number of benzene rings is 2. The second-order valence-electron chi connectivity index (χ2n) is 6.95. The highest BCUT2D eigenvalue weighted by atomic mass is 16.5. The zero-order valence-corrected chi connectivity index (χ0v) is 16.8. The van der Waals surface area contributed by atoms with Crippen molar-refractivity contribution < 1.29 is 9.53 Å². The van der Waals surface area contributed by atoms with Gasteiger partial charge in [-0.15, -0.1) is 0 Å². The van der Waals surface area contributed by atoms with Gasteiger partial charge in [0.2, 0.25) is 5.96 Å². The molecule has 1 aliphatic heterocycles. The Bertz CT molecular complexity index is 1010. The van der Waals surface area contributed by atoms with Gasteiger partial charge >= 0.3 is 0 Å². The van der Waals surface area contributed by atoms with Crippen molar-refractivity contribution in [3.63, 3.8) is 0 Å². The minimum atomic E-state index is -0.295. The number of carbonyl (C=O) groups excluding carboxylic acids is 1. The first kappa shape index (κ1) is 19.7. The normalized spacial score (nSPS) is 14.4. The molecule has 1 amide bonds. The molecule has 1 fully saturated rings. The maximum absolute atomic E-state index is 12.8. The van der Waals surface area contributed by atoms with Gasteiger partial charge in [-0.3, -0.25) is 4.79 Å². The number of ether oxygens (including phenoxy) is 1. The average molecular weight is 404 g/mol. The molecule has 0 saturated carbocycles. The number of guanidine groups is 1. The lowest BCUT2D eigenvalue weighted by Crippen LogP contribution is -2.44. The van der Waals surface area contributed by atoms with E-state index in [0.29, 0.717) is 49.5 Å². The average Bonchev–Trinajstić information content (AvgIpc) is 3.25. The van der Waals surface area contributed by atoms with Crippen LogP contribution in [-0.2, 0) is 4.74 Å². The van der Waals surface area contributed by atoms with E-state index in [0.717, 1.165) is 11.3 Å². The highest BCUT2D eigenvalue weighted by molar-refractivity contribution is 6.06. The number of aliphatic imine (C=N–C) groups is 1. The molecule has 30 heavy (non-hydrogen) atoms. The van der Waals surface area contributed by atoms with E-state index in [9.17, 15) is 4.79 Å². The zero-order valence-electron chi connectivity index (χ0n) is 16.8. The van der Waals surface area contributed by atoms with Crippen LogP contribution >= 0.6 is 0 Å². The number of amides is 1. The molecule has 0 spiro atoms. The molecular weight excluding hydrogens is 380 g/mol. The fourth-order valence-corrected chi connectivity index (χ4v) is 3.07. The summed E-state index contributed by atoms with van der Waals surface area (Å²) >= 11 is 0. The van der Waals surface area contributed by atoms with Gasteiger partial charge in [-0.2, -0.15) is 4.99 Å². The number of para-hydroxylation sites is 1. The number of H-pyrrole nitrogens is 1. The molecule has 0 aliphatic carbocycles. The van der Waals surface area contributed by atoms with Crippen molar-refractivity contribution in [3.8, 4) is 0 Å². The molecule has 1 aromatic heterocycles. The van der Waals surface area contributed by atoms with Gasteiger partial charge in [0.05, 0.1) is 19.5 Å². The van der Waals surface area contributed by atoms with E-state index in [1.54, 1.807) is 0 Å². The van der Waals surface area contributed by atoms with E-state index in [-0.39, 0.29) is 5.91 Å². The Balaban J connectivity index is 1.59. The Hall–Kier alpha value is -3.65. The molecule has 4 rings (SSSR count). The summed E-state index contributed by atoms with van der Waals surface area (Å²) in [4.78, 5) is 26.7. The van der Waals surface area contributed by atoms with Crippen molar-refractivity contribution in [1.82, 2.24) is 14.9 Å². The number of hydrogen-bond acceptors (Lipinski definition) is 4. The summed E-state index contributed by atoms with van der Waals surface area (Å²) in [5.74, 6) is 0.654. The third-order valence-electron chi connectivity index (χ3n) is 4.71. The second kappa shape index (κ2) is 9.23. The first-order chi connectivity index (χ1) is 14.7. The summed E-state index contributed by atoms with van der Waals surface area (Å²) in [7, 11) is 0. The number of morpholine rings is 1. The van der Waals surface area contributed by atoms with Crippen LogP contribution in [0.4, 0.5) is 17.2 Å². The molecule has 154 valence electrons. The van der Waals surface area contributed by atoms with Crippen LogP contribution in [0.25, 0.3) is 0 Å². The molecule has 3 aromatic rings. The van der Waals surface area contributed by atoms with Crippen LogP contribution in [0.15, 0.2) is 65.9 Å². The van der Waals surface area contributed by atoms with E-state index in [1.807, 2.05) is 61.5 Å². The quantitative estimate of drug-likeness (QED) is 0.458. The minimum Gasteiger partial charge on any atom is -0.378 e. The molecule has 8 nitrogen and oxygen atoms in total. The van der Waals surface area contributed by atoms with Gasteiger partial charge in [-0.1, -0.05) is 35.9 Å². The predicted octanol–water partition coefficient (Wildman–Crippen LogP) is 3.40. The maximum atomic E-state index is 12.8. The molecule has 0 atom stereocenters. The number of aryl methyl sites for hydroxylation is 1. The van der Waals surface area contributed by atoms with Crippen LogP contribution in [0.5, 0.6) is 0 Å². The number of imidazole rings is 1. The van der Waals surface area contributed by atoms with E-state index in [2.05, 4.69) is 30.5 Å². The predicted molar refractivity (Wildman–Crippen MR) is 117 cm³/mol. The van der Waals surface area contributed by atoms with Crippen molar-refractivity contribution in [1.29, 1.82) is 0 Å². The van der Waals surface area contributed by atoms with E-state index in [4.69, 9.17) is 4.74 Å². The molecule has 1 saturated heterocycles. The maximum Gasteiger partial charge on any atom is 0.276 e. The Morgan fingerprint density at radius 3 is 2.47 bits per heavy atom. The highest BCUT2D eigenvalue weighted by Crippen LogP contribution is 2.19. The highest BCUT2D eigenvalue weighted by Gasteiger charge is 2.19. The molecule has 2 aromatic carbocycles. The van der Waals surface area contributed by atoms with Gasteiger partial charge in [0, 0.05) is 24.5 Å². The number of aromatic nitrogens is 2. The van der Waals surface area contributed by atoms with Crippen LogP contribution in [0, 0.1) is 6.92 Å². The smallest absolute Gasteiger partial charge is 0.276 e. The van der Waals surface area contributed by atoms with Crippen LogP contribution in [0.2, 0.25) is 0 Å². The van der Waals surface area contributed by atoms with Gasteiger partial charge in [-0.25, -0.2) is 4.98 Å². The number of hydrogen-bond donors (Lipinski definition) is 3. The van der Waals surface area contributed by atoms with E-state index < -0.39 is 0 Å². The molecule has 8 heteroatoms. The molecule has 0 bridgehead atoms. The molecule has 0 radical (unpaired) electrons. The minimum absolute atomic E-state index is 0.295. The number of rotatable bonds is 4. The van der Waals surface area contributed by atoms with Gasteiger partial charge < -0.3 is 25.3 Å². The number of anilines is 2. The standard InChI is InChI=1S/C22H24N6O2/c1-16-7-9-18(10-8-16)25-21(29)19-20(24-15-23-19)27-22(28-11-13-30-14-12-28)26-17-5-3-2-4-6-17/h2-10,15H,11-14H2,1H3,(H,23,24)(H,25,29)(H,26,27). The van der Waals surface area contributed by atoms with Crippen LogP contribution < -0.4 is 10.6 Å². The molecule has 0 unspecified atom stereocenters. The second-order valence-corrected chi connectivity index (χ2v) is 6.95. The Labute approximate surface area is 175 Å². The topological polar surface area (TPSA) is 94.6 Å². The molecular formula is C22H24N6O2. The summed E-state index contributed by atoms with van der Waals surface area (Å²) < 4.78 is 5.46. The molecule has 3 N–H and O–H groups in total. The Kier molecular flexibility index (Phi) is 6.05. The van der Waals surface area contributed by atoms with E-state index >= 15 is 0 Å². The van der Waals surface area contributed by atoms with Crippen molar-refractivity contribution in [3.05, 3.63) is 72.2 Å². The third kappa shape index (κ3) is 4.84. The Morgan fingerprint density at radius 1 is 1.03 bits per heavy atom. The monoisotopic (exact) mass is 404 g/mol. The van der Waals surface area contributed by atoms with Crippen molar-refractivity contribution in [2.75, 3.05) is 36.9 Å². The first-order valence-electron chi connectivity index (χ1n) is 9.84. The number of carbonyl (C=O) groups is 1. The van der Waals surface area contributed by atoms with Gasteiger partial charge in [0.15, 0.2) is 11.5 Å². The third-order valence-corrected chi connectivity index (χ3v) is 4.71. The van der Waals surface area contributed by atoms with Crippen LogP contribution in [0.3, 0.4) is 0 Å². The Morgan fingerprint density at radius 2 is 1.73 bits per heavy atom. The van der Waals surface area contributed by atoms with Crippen LogP contribution in [0.1, 0.15) is 16.1 Å². The molecule has 1 aliphatic rings. The first-order valence-corrected chi connectivity index (χ1v) is 9.84. The lowest BCUT2D eigenvalue weighted by Gasteiger charge is -2.30. The number of nitrogens with zero attached hydrogens (tertiary/aromatic N) is 3. The number of nitrogens with one attached hydrogen (secondary N) is 3. The van der Waals surface area contributed by atoms with E-state index in [1.165, 1.54) is 6.33 Å². The van der Waals surface area contributed by atoms with Crippen molar-refractivity contribution in [2.24, 2.45) is 4.99 Å². The zero-order chi connectivity index (χ0) is 20.8. The summed E-state index contributed by atoms with van der Waals surface area (Å²) in [5.41, 5.74) is 3.05. The summed E-state index contributed by atoms with van der Waals surface area (Å²) in [6, 6.07) is 17.4.